The first-order valence-corrected chi connectivity index (χ1v) is 6.37. The van der Waals surface area contributed by atoms with Crippen LogP contribution in [-0.2, 0) is 0 Å². The van der Waals surface area contributed by atoms with Gasteiger partial charge in [0.15, 0.2) is 0 Å². The van der Waals surface area contributed by atoms with E-state index in [2.05, 4.69) is 10.6 Å². The van der Waals surface area contributed by atoms with Gasteiger partial charge in [-0.15, -0.1) is 0 Å². The molecule has 0 spiro atoms. The molecule has 1 saturated heterocycles. The predicted molar refractivity (Wildman–Crippen MR) is 70.2 cm³/mol. The summed E-state index contributed by atoms with van der Waals surface area (Å²) in [6, 6.07) is 1.43. The average Bonchev–Trinajstić information content (AvgIpc) is 2.96. The molecule has 0 unspecified atom stereocenters. The van der Waals surface area contributed by atoms with E-state index in [1.54, 1.807) is 4.57 Å². The molecule has 0 aromatic carbocycles. The molecule has 1 aliphatic rings. The van der Waals surface area contributed by atoms with Crippen LogP contribution in [0.2, 0.25) is 0 Å². The van der Waals surface area contributed by atoms with Crippen molar-refractivity contribution >= 4 is 11.6 Å². The van der Waals surface area contributed by atoms with Gasteiger partial charge in [0.2, 0.25) is 0 Å². The third-order valence-corrected chi connectivity index (χ3v) is 3.23. The van der Waals surface area contributed by atoms with Gasteiger partial charge in [-0.3, -0.25) is 14.9 Å². The van der Waals surface area contributed by atoms with Crippen LogP contribution in [0.5, 0.6) is 0 Å². The summed E-state index contributed by atoms with van der Waals surface area (Å²) in [6.45, 7) is 5.40. The SMILES string of the molecule is CC(C)n1cc([N+](=O)[O-])cc1C(=O)N[C@@H]1CCNC1. The fourth-order valence-electron chi connectivity index (χ4n) is 2.21. The van der Waals surface area contributed by atoms with Crippen molar-refractivity contribution in [3.05, 3.63) is 28.1 Å². The number of amides is 1. The maximum atomic E-state index is 12.2. The van der Waals surface area contributed by atoms with Gasteiger partial charge in [0.25, 0.3) is 11.6 Å². The van der Waals surface area contributed by atoms with E-state index in [9.17, 15) is 14.9 Å². The van der Waals surface area contributed by atoms with E-state index in [1.165, 1.54) is 12.3 Å². The molecule has 2 N–H and O–H groups in total. The number of nitrogens with one attached hydrogen (secondary N) is 2. The maximum absolute atomic E-state index is 12.2. The van der Waals surface area contributed by atoms with Crippen LogP contribution in [0.4, 0.5) is 5.69 Å². The Hall–Kier alpha value is -1.89. The number of nitrogens with zero attached hydrogens (tertiary/aromatic N) is 2. The summed E-state index contributed by atoms with van der Waals surface area (Å²) in [7, 11) is 0. The van der Waals surface area contributed by atoms with Crippen molar-refractivity contribution in [2.45, 2.75) is 32.4 Å². The van der Waals surface area contributed by atoms with Crippen molar-refractivity contribution in [3.63, 3.8) is 0 Å². The molecule has 0 bridgehead atoms. The standard InChI is InChI=1S/C12H18N4O3/c1-8(2)15-7-10(16(18)19)5-11(15)12(17)14-9-3-4-13-6-9/h5,7-9,13H,3-4,6H2,1-2H3,(H,14,17)/t9-/m1/s1. The predicted octanol–water partition coefficient (Wildman–Crippen LogP) is 1.07. The average molecular weight is 266 g/mol. The number of carbonyl (C=O) groups excluding carboxylic acids is 1. The smallest absolute Gasteiger partial charge is 0.287 e. The Morgan fingerprint density at radius 3 is 2.89 bits per heavy atom. The second-order valence-electron chi connectivity index (χ2n) is 5.00. The van der Waals surface area contributed by atoms with E-state index in [4.69, 9.17) is 0 Å². The monoisotopic (exact) mass is 266 g/mol. The van der Waals surface area contributed by atoms with Crippen molar-refractivity contribution in [3.8, 4) is 0 Å². The molecule has 0 saturated carbocycles. The van der Waals surface area contributed by atoms with Gasteiger partial charge in [0.05, 0.1) is 11.1 Å². The van der Waals surface area contributed by atoms with Gasteiger partial charge < -0.3 is 15.2 Å². The first-order valence-electron chi connectivity index (χ1n) is 6.37. The minimum absolute atomic E-state index is 0.00356. The van der Waals surface area contributed by atoms with E-state index < -0.39 is 4.92 Å². The van der Waals surface area contributed by atoms with Gasteiger partial charge in [0.1, 0.15) is 5.69 Å². The van der Waals surface area contributed by atoms with Crippen LogP contribution < -0.4 is 10.6 Å². The summed E-state index contributed by atoms with van der Waals surface area (Å²) in [5.41, 5.74) is 0.289. The molecular weight excluding hydrogens is 248 g/mol. The van der Waals surface area contributed by atoms with Gasteiger partial charge in [0, 0.05) is 24.7 Å². The van der Waals surface area contributed by atoms with Crippen molar-refractivity contribution in [1.29, 1.82) is 0 Å². The Bertz CT molecular complexity index is 489. The minimum atomic E-state index is -0.479. The summed E-state index contributed by atoms with van der Waals surface area (Å²) in [5.74, 6) is -0.254. The van der Waals surface area contributed by atoms with Gasteiger partial charge in [-0.1, -0.05) is 0 Å². The molecule has 1 atom stereocenters. The third kappa shape index (κ3) is 2.93. The highest BCUT2D eigenvalue weighted by atomic mass is 16.6. The largest absolute Gasteiger partial charge is 0.347 e. The number of nitro groups is 1. The van der Waals surface area contributed by atoms with Crippen LogP contribution in [0.3, 0.4) is 0 Å². The molecule has 1 aromatic heterocycles. The van der Waals surface area contributed by atoms with Crippen molar-refractivity contribution < 1.29 is 9.72 Å². The number of rotatable bonds is 4. The summed E-state index contributed by atoms with van der Waals surface area (Å²) in [5, 5.41) is 16.9. The van der Waals surface area contributed by atoms with Crippen LogP contribution in [0.1, 0.15) is 36.8 Å². The zero-order valence-electron chi connectivity index (χ0n) is 11.0. The molecule has 7 nitrogen and oxygen atoms in total. The second-order valence-corrected chi connectivity index (χ2v) is 5.00. The lowest BCUT2D eigenvalue weighted by atomic mass is 10.2. The molecule has 104 valence electrons. The van der Waals surface area contributed by atoms with E-state index in [1.807, 2.05) is 13.8 Å². The molecule has 0 radical (unpaired) electrons. The number of hydrogen-bond acceptors (Lipinski definition) is 4. The molecule has 7 heteroatoms. The molecule has 2 heterocycles. The van der Waals surface area contributed by atoms with E-state index in [-0.39, 0.29) is 23.7 Å². The lowest BCUT2D eigenvalue weighted by Crippen LogP contribution is -2.37. The van der Waals surface area contributed by atoms with Crippen LogP contribution in [0.25, 0.3) is 0 Å². The fraction of sp³-hybridized carbons (Fsp3) is 0.583. The molecule has 2 rings (SSSR count). The quantitative estimate of drug-likeness (QED) is 0.630. The second kappa shape index (κ2) is 5.40. The zero-order chi connectivity index (χ0) is 14.0. The highest BCUT2D eigenvalue weighted by Crippen LogP contribution is 2.20. The van der Waals surface area contributed by atoms with Gasteiger partial charge in [-0.05, 0) is 26.8 Å². The van der Waals surface area contributed by atoms with E-state index in [0.29, 0.717) is 5.69 Å². The van der Waals surface area contributed by atoms with Crippen LogP contribution >= 0.6 is 0 Å². The van der Waals surface area contributed by atoms with E-state index >= 15 is 0 Å². The highest BCUT2D eigenvalue weighted by Gasteiger charge is 2.23. The number of hydrogen-bond donors (Lipinski definition) is 2. The normalized spacial score (nSPS) is 18.8. The third-order valence-electron chi connectivity index (χ3n) is 3.23. The van der Waals surface area contributed by atoms with Crippen molar-refractivity contribution in [1.82, 2.24) is 15.2 Å². The molecule has 19 heavy (non-hydrogen) atoms. The Balaban J connectivity index is 2.21. The molecular formula is C12H18N4O3. The van der Waals surface area contributed by atoms with Crippen LogP contribution in [0.15, 0.2) is 12.3 Å². The molecule has 1 amide bonds. The maximum Gasteiger partial charge on any atom is 0.287 e. The highest BCUT2D eigenvalue weighted by molar-refractivity contribution is 5.93. The van der Waals surface area contributed by atoms with Crippen LogP contribution in [-0.4, -0.2) is 34.5 Å². The lowest BCUT2D eigenvalue weighted by molar-refractivity contribution is -0.384. The van der Waals surface area contributed by atoms with Gasteiger partial charge in [-0.25, -0.2) is 0 Å². The van der Waals surface area contributed by atoms with Gasteiger partial charge in [-0.2, -0.15) is 0 Å². The fourth-order valence-corrected chi connectivity index (χ4v) is 2.21. The number of aromatic nitrogens is 1. The first-order chi connectivity index (χ1) is 8.99. The Kier molecular flexibility index (Phi) is 3.84. The summed E-state index contributed by atoms with van der Waals surface area (Å²) < 4.78 is 1.63. The molecule has 0 aliphatic carbocycles. The Morgan fingerprint density at radius 2 is 2.37 bits per heavy atom. The van der Waals surface area contributed by atoms with Crippen molar-refractivity contribution in [2.75, 3.05) is 13.1 Å². The summed E-state index contributed by atoms with van der Waals surface area (Å²) in [4.78, 5) is 22.5. The lowest BCUT2D eigenvalue weighted by Gasteiger charge is -2.15. The minimum Gasteiger partial charge on any atom is -0.347 e. The topological polar surface area (TPSA) is 89.2 Å². The summed E-state index contributed by atoms with van der Waals surface area (Å²) >= 11 is 0. The van der Waals surface area contributed by atoms with Crippen molar-refractivity contribution in [2.24, 2.45) is 0 Å². The van der Waals surface area contributed by atoms with Crippen LogP contribution in [0, 0.1) is 10.1 Å². The number of carbonyl (C=O) groups is 1. The van der Waals surface area contributed by atoms with Gasteiger partial charge >= 0.3 is 0 Å². The molecule has 1 aliphatic heterocycles. The Morgan fingerprint density at radius 1 is 1.63 bits per heavy atom. The Labute approximate surface area is 111 Å². The van der Waals surface area contributed by atoms with E-state index in [0.717, 1.165) is 19.5 Å². The molecule has 1 fully saturated rings. The summed E-state index contributed by atoms with van der Waals surface area (Å²) in [6.07, 6.45) is 2.29. The molecule has 1 aromatic rings. The first kappa shape index (κ1) is 13.5. The zero-order valence-corrected chi connectivity index (χ0v) is 11.0.